The fourth-order valence-corrected chi connectivity index (χ4v) is 5.21. The van der Waals surface area contributed by atoms with E-state index in [1.54, 1.807) is 29.0 Å². The molecule has 0 unspecified atom stereocenters. The van der Waals surface area contributed by atoms with Crippen molar-refractivity contribution in [3.8, 4) is 17.3 Å². The summed E-state index contributed by atoms with van der Waals surface area (Å²) in [5.41, 5.74) is 3.86. The van der Waals surface area contributed by atoms with Gasteiger partial charge in [0.05, 0.1) is 35.1 Å². The van der Waals surface area contributed by atoms with Crippen LogP contribution in [0.1, 0.15) is 37.3 Å². The third-order valence-corrected chi connectivity index (χ3v) is 7.09. The van der Waals surface area contributed by atoms with Crippen molar-refractivity contribution >= 4 is 22.5 Å². The fourth-order valence-electron chi connectivity index (χ4n) is 5.21. The van der Waals surface area contributed by atoms with Gasteiger partial charge in [0.1, 0.15) is 5.52 Å². The minimum absolute atomic E-state index is 0.0464. The van der Waals surface area contributed by atoms with Gasteiger partial charge in [0.25, 0.3) is 5.56 Å². The quantitative estimate of drug-likeness (QED) is 0.465. The number of nitrogens with one attached hydrogen (secondary N) is 1. The SMILES string of the molecule is N#Cc1ccn2ncc(-c3ccc4nc(N5CCNCC5)c(=O)n(C5CCC(O)CC5)c4n3)c2c1. The summed E-state index contributed by atoms with van der Waals surface area (Å²) in [4.78, 5) is 25.6. The normalized spacial score (nSPS) is 20.9. The van der Waals surface area contributed by atoms with Gasteiger partial charge >= 0.3 is 0 Å². The average Bonchev–Trinajstić information content (AvgIpc) is 3.32. The highest BCUT2D eigenvalue weighted by Crippen LogP contribution is 2.31. The van der Waals surface area contributed by atoms with E-state index in [4.69, 9.17) is 9.97 Å². The lowest BCUT2D eigenvalue weighted by Crippen LogP contribution is -2.47. The van der Waals surface area contributed by atoms with Crippen LogP contribution in [0.5, 0.6) is 0 Å². The summed E-state index contributed by atoms with van der Waals surface area (Å²) in [6, 6.07) is 9.44. The first-order valence-electron chi connectivity index (χ1n) is 12.1. The van der Waals surface area contributed by atoms with Gasteiger partial charge in [0, 0.05) is 44.0 Å². The molecule has 1 saturated heterocycles. The number of fused-ring (bicyclic) bond motifs is 2. The maximum Gasteiger partial charge on any atom is 0.295 e. The van der Waals surface area contributed by atoms with Crippen molar-refractivity contribution in [2.24, 2.45) is 0 Å². The molecule has 2 aliphatic rings. The van der Waals surface area contributed by atoms with Crippen molar-refractivity contribution < 1.29 is 5.11 Å². The monoisotopic (exact) mass is 470 g/mol. The van der Waals surface area contributed by atoms with Crippen molar-refractivity contribution in [1.29, 1.82) is 5.26 Å². The van der Waals surface area contributed by atoms with Crippen LogP contribution in [0.25, 0.3) is 27.9 Å². The number of nitriles is 1. The number of nitrogens with zero attached hydrogens (tertiary/aromatic N) is 7. The zero-order valence-electron chi connectivity index (χ0n) is 19.3. The molecule has 10 heteroatoms. The van der Waals surface area contributed by atoms with Crippen LogP contribution < -0.4 is 15.8 Å². The van der Waals surface area contributed by atoms with Gasteiger partial charge in [-0.15, -0.1) is 0 Å². The van der Waals surface area contributed by atoms with Crippen LogP contribution in [0, 0.1) is 11.3 Å². The summed E-state index contributed by atoms with van der Waals surface area (Å²) in [5.74, 6) is 0.467. The molecule has 4 aromatic heterocycles. The molecular formula is C25H26N8O2. The first-order valence-corrected chi connectivity index (χ1v) is 12.1. The molecule has 0 spiro atoms. The molecule has 0 bridgehead atoms. The zero-order chi connectivity index (χ0) is 23.9. The van der Waals surface area contributed by atoms with Crippen molar-refractivity contribution in [3.05, 3.63) is 52.6 Å². The Kier molecular flexibility index (Phi) is 5.43. The molecule has 0 atom stereocenters. The Labute approximate surface area is 201 Å². The number of anilines is 1. The van der Waals surface area contributed by atoms with Crippen LogP contribution in [0.15, 0.2) is 41.5 Å². The van der Waals surface area contributed by atoms with Crippen LogP contribution >= 0.6 is 0 Å². The largest absolute Gasteiger partial charge is 0.393 e. The molecule has 0 aromatic carbocycles. The van der Waals surface area contributed by atoms with Crippen LogP contribution in [0.2, 0.25) is 0 Å². The molecule has 1 saturated carbocycles. The number of aromatic nitrogens is 5. The summed E-state index contributed by atoms with van der Waals surface area (Å²) in [5, 5.41) is 27.1. The van der Waals surface area contributed by atoms with Crippen LogP contribution in [-0.2, 0) is 0 Å². The maximum absolute atomic E-state index is 13.8. The van der Waals surface area contributed by atoms with Gasteiger partial charge in [-0.05, 0) is 49.9 Å². The predicted octanol–water partition coefficient (Wildman–Crippen LogP) is 1.86. The van der Waals surface area contributed by atoms with Gasteiger partial charge < -0.3 is 15.3 Å². The van der Waals surface area contributed by atoms with Crippen molar-refractivity contribution in [3.63, 3.8) is 0 Å². The number of piperazine rings is 1. The Bertz CT molecular complexity index is 1500. The number of hydrogen-bond acceptors (Lipinski definition) is 8. The van der Waals surface area contributed by atoms with Crippen molar-refractivity contribution in [2.45, 2.75) is 37.8 Å². The van der Waals surface area contributed by atoms with Crippen molar-refractivity contribution in [2.75, 3.05) is 31.1 Å². The Morgan fingerprint density at radius 2 is 1.89 bits per heavy atom. The summed E-state index contributed by atoms with van der Waals surface area (Å²) < 4.78 is 3.52. The Morgan fingerprint density at radius 3 is 2.66 bits per heavy atom. The second-order valence-corrected chi connectivity index (χ2v) is 9.26. The van der Waals surface area contributed by atoms with E-state index in [0.29, 0.717) is 41.1 Å². The number of pyridine rings is 2. The molecule has 0 radical (unpaired) electrons. The van der Waals surface area contributed by atoms with Gasteiger partial charge in [-0.3, -0.25) is 9.36 Å². The molecule has 1 aliphatic heterocycles. The highest BCUT2D eigenvalue weighted by molar-refractivity contribution is 5.83. The molecule has 10 nitrogen and oxygen atoms in total. The third kappa shape index (κ3) is 3.83. The summed E-state index contributed by atoms with van der Waals surface area (Å²) in [6.07, 6.45) is 5.92. The molecule has 2 N–H and O–H groups in total. The van der Waals surface area contributed by atoms with E-state index < -0.39 is 0 Å². The molecule has 1 aliphatic carbocycles. The number of aliphatic hydroxyl groups is 1. The fraction of sp³-hybridized carbons (Fsp3) is 0.400. The number of hydrogen-bond donors (Lipinski definition) is 2. The molecule has 178 valence electrons. The van der Waals surface area contributed by atoms with Crippen LogP contribution in [0.3, 0.4) is 0 Å². The van der Waals surface area contributed by atoms with E-state index >= 15 is 0 Å². The summed E-state index contributed by atoms with van der Waals surface area (Å²) in [6.45, 7) is 3.08. The standard InChI is InChI=1S/C25H26N8O2/c26-14-16-7-10-32-22(13-16)19(15-28-32)20-5-6-21-23(29-20)33(17-1-3-18(34)4-2-17)25(35)24(30-21)31-11-8-27-9-12-31/h5-7,10,13,15,17-18,27,34H,1-4,8-9,11-12H2. The Balaban J connectivity index is 1.54. The number of rotatable bonds is 3. The lowest BCUT2D eigenvalue weighted by Gasteiger charge is -2.31. The predicted molar refractivity (Wildman–Crippen MR) is 131 cm³/mol. The van der Waals surface area contributed by atoms with E-state index in [2.05, 4.69) is 21.4 Å². The maximum atomic E-state index is 13.8. The second-order valence-electron chi connectivity index (χ2n) is 9.26. The van der Waals surface area contributed by atoms with E-state index in [1.807, 2.05) is 16.7 Å². The molecule has 0 amide bonds. The molecule has 6 rings (SSSR count). The third-order valence-electron chi connectivity index (χ3n) is 7.09. The van der Waals surface area contributed by atoms with Crippen LogP contribution in [0.4, 0.5) is 5.82 Å². The lowest BCUT2D eigenvalue weighted by atomic mass is 9.93. The molecule has 2 fully saturated rings. The topological polar surface area (TPSA) is 124 Å². The van der Waals surface area contributed by atoms with Crippen LogP contribution in [-0.4, -0.2) is 61.5 Å². The Hall–Kier alpha value is -3.81. The molecule has 4 aromatic rings. The second kappa shape index (κ2) is 8.76. The van der Waals surface area contributed by atoms with E-state index in [1.165, 1.54) is 0 Å². The smallest absolute Gasteiger partial charge is 0.295 e. The molecule has 35 heavy (non-hydrogen) atoms. The highest BCUT2D eigenvalue weighted by Gasteiger charge is 2.27. The summed E-state index contributed by atoms with van der Waals surface area (Å²) >= 11 is 0. The van der Waals surface area contributed by atoms with Crippen molar-refractivity contribution in [1.82, 2.24) is 29.5 Å². The Morgan fingerprint density at radius 1 is 1.09 bits per heavy atom. The van der Waals surface area contributed by atoms with Gasteiger partial charge in [-0.25, -0.2) is 14.5 Å². The van der Waals surface area contributed by atoms with E-state index in [0.717, 1.165) is 50.1 Å². The zero-order valence-corrected chi connectivity index (χ0v) is 19.3. The first-order chi connectivity index (χ1) is 17.1. The highest BCUT2D eigenvalue weighted by atomic mass is 16.3. The van der Waals surface area contributed by atoms with E-state index in [-0.39, 0.29) is 17.7 Å². The molecular weight excluding hydrogens is 444 g/mol. The number of aliphatic hydroxyl groups excluding tert-OH is 1. The summed E-state index contributed by atoms with van der Waals surface area (Å²) in [7, 11) is 0. The minimum Gasteiger partial charge on any atom is -0.393 e. The average molecular weight is 471 g/mol. The lowest BCUT2D eigenvalue weighted by molar-refractivity contribution is 0.111. The molecule has 5 heterocycles. The van der Waals surface area contributed by atoms with Gasteiger partial charge in [0.2, 0.25) is 0 Å². The van der Waals surface area contributed by atoms with Gasteiger partial charge in [-0.2, -0.15) is 10.4 Å². The first kappa shape index (κ1) is 21.7. The van der Waals surface area contributed by atoms with E-state index in [9.17, 15) is 15.2 Å². The van der Waals surface area contributed by atoms with Gasteiger partial charge in [-0.1, -0.05) is 0 Å². The minimum atomic E-state index is -0.320. The van der Waals surface area contributed by atoms with Gasteiger partial charge in [0.15, 0.2) is 11.5 Å².